The minimum absolute atomic E-state index is 0.0531. The van der Waals surface area contributed by atoms with Crippen LogP contribution in [0, 0.1) is 5.82 Å². The van der Waals surface area contributed by atoms with Crippen molar-refractivity contribution in [2.24, 2.45) is 0 Å². The summed E-state index contributed by atoms with van der Waals surface area (Å²) >= 11 is 0. The van der Waals surface area contributed by atoms with Crippen molar-refractivity contribution in [1.29, 1.82) is 0 Å². The van der Waals surface area contributed by atoms with E-state index in [0.29, 0.717) is 31.7 Å². The highest BCUT2D eigenvalue weighted by atomic mass is 19.1. The molecule has 3 rings (SSSR count). The Bertz CT molecular complexity index is 708. The average molecular weight is 312 g/mol. The molecule has 0 aliphatic carbocycles. The molecule has 23 heavy (non-hydrogen) atoms. The van der Waals surface area contributed by atoms with Crippen LogP contribution in [0.15, 0.2) is 42.5 Å². The fourth-order valence-electron chi connectivity index (χ4n) is 3.07. The molecule has 0 atom stereocenters. The van der Waals surface area contributed by atoms with Crippen LogP contribution in [0.1, 0.15) is 35.3 Å². The number of carbonyl (C=O) groups is 1. The predicted molar refractivity (Wildman–Crippen MR) is 90.0 cm³/mol. The summed E-state index contributed by atoms with van der Waals surface area (Å²) in [5.41, 5.74) is 3.51. The number of amides is 1. The van der Waals surface area contributed by atoms with Crippen molar-refractivity contribution in [3.8, 4) is 0 Å². The molecule has 0 N–H and O–H groups in total. The van der Waals surface area contributed by atoms with Gasteiger partial charge in [0.15, 0.2) is 0 Å². The van der Waals surface area contributed by atoms with Crippen LogP contribution < -0.4 is 4.90 Å². The quantitative estimate of drug-likeness (QED) is 0.856. The normalized spacial score (nSPS) is 13.1. The number of anilines is 1. The van der Waals surface area contributed by atoms with Gasteiger partial charge in [-0.2, -0.15) is 0 Å². The molecule has 4 heteroatoms. The molecule has 120 valence electrons. The second-order valence-corrected chi connectivity index (χ2v) is 5.76. The van der Waals surface area contributed by atoms with Gasteiger partial charge in [-0.25, -0.2) is 4.39 Å². The third-order valence-corrected chi connectivity index (χ3v) is 4.46. The van der Waals surface area contributed by atoms with Gasteiger partial charge in [0.05, 0.1) is 0 Å². The Kier molecular flexibility index (Phi) is 4.33. The van der Waals surface area contributed by atoms with Crippen LogP contribution in [0.5, 0.6) is 0 Å². The zero-order valence-electron chi connectivity index (χ0n) is 13.6. The van der Waals surface area contributed by atoms with E-state index in [-0.39, 0.29) is 11.7 Å². The Morgan fingerprint density at radius 3 is 2.39 bits per heavy atom. The highest BCUT2D eigenvalue weighted by molar-refractivity contribution is 5.94. The monoisotopic (exact) mass is 312 g/mol. The van der Waals surface area contributed by atoms with Gasteiger partial charge in [0, 0.05) is 43.0 Å². The fourth-order valence-corrected chi connectivity index (χ4v) is 3.07. The summed E-state index contributed by atoms with van der Waals surface area (Å²) in [5, 5.41) is 0. The molecule has 0 saturated carbocycles. The largest absolute Gasteiger partial charge is 0.363 e. The van der Waals surface area contributed by atoms with Crippen LogP contribution in [-0.2, 0) is 13.1 Å². The Morgan fingerprint density at radius 2 is 1.78 bits per heavy atom. The molecule has 3 nitrogen and oxygen atoms in total. The zero-order chi connectivity index (χ0) is 16.4. The average Bonchev–Trinajstić information content (AvgIpc) is 3.02. The summed E-state index contributed by atoms with van der Waals surface area (Å²) in [6, 6.07) is 12.8. The van der Waals surface area contributed by atoms with Gasteiger partial charge in [0.1, 0.15) is 5.82 Å². The SMILES string of the molecule is CCN(CC)C(=O)c1ccc(N2Cc3cccc(F)c3C2)cc1. The van der Waals surface area contributed by atoms with Gasteiger partial charge >= 0.3 is 0 Å². The van der Waals surface area contributed by atoms with Crippen molar-refractivity contribution in [3.63, 3.8) is 0 Å². The second-order valence-electron chi connectivity index (χ2n) is 5.76. The number of hydrogen-bond acceptors (Lipinski definition) is 2. The van der Waals surface area contributed by atoms with Gasteiger partial charge in [-0.3, -0.25) is 4.79 Å². The summed E-state index contributed by atoms with van der Waals surface area (Å²) < 4.78 is 13.8. The van der Waals surface area contributed by atoms with Crippen LogP contribution in [0.3, 0.4) is 0 Å². The predicted octanol–water partition coefficient (Wildman–Crippen LogP) is 3.83. The number of rotatable bonds is 4. The van der Waals surface area contributed by atoms with Crippen molar-refractivity contribution >= 4 is 11.6 Å². The molecule has 2 aromatic rings. The summed E-state index contributed by atoms with van der Waals surface area (Å²) in [6.45, 7) is 6.65. The smallest absolute Gasteiger partial charge is 0.253 e. The molecule has 0 aromatic heterocycles. The van der Waals surface area contributed by atoms with Crippen molar-refractivity contribution in [2.45, 2.75) is 26.9 Å². The molecular formula is C19H21FN2O. The van der Waals surface area contributed by atoms with E-state index in [1.54, 1.807) is 11.0 Å². The lowest BCUT2D eigenvalue weighted by Crippen LogP contribution is -2.30. The summed E-state index contributed by atoms with van der Waals surface area (Å²) in [7, 11) is 0. The Balaban J connectivity index is 1.77. The van der Waals surface area contributed by atoms with Crippen LogP contribution in [0.25, 0.3) is 0 Å². The topological polar surface area (TPSA) is 23.6 Å². The first-order chi connectivity index (χ1) is 11.1. The van der Waals surface area contributed by atoms with Crippen LogP contribution in [0.2, 0.25) is 0 Å². The molecule has 0 radical (unpaired) electrons. The number of fused-ring (bicyclic) bond motifs is 1. The van der Waals surface area contributed by atoms with E-state index in [2.05, 4.69) is 4.90 Å². The molecule has 1 aliphatic heterocycles. The zero-order valence-corrected chi connectivity index (χ0v) is 13.6. The molecule has 0 unspecified atom stereocenters. The molecule has 1 amide bonds. The summed E-state index contributed by atoms with van der Waals surface area (Å²) in [4.78, 5) is 16.3. The minimum atomic E-state index is -0.140. The number of hydrogen-bond donors (Lipinski definition) is 0. The van der Waals surface area contributed by atoms with Gasteiger partial charge in [0.25, 0.3) is 5.91 Å². The van der Waals surface area contributed by atoms with Crippen molar-refractivity contribution in [2.75, 3.05) is 18.0 Å². The number of nitrogens with zero attached hydrogens (tertiary/aromatic N) is 2. The standard InChI is InChI=1S/C19H21FN2O/c1-3-21(4-2)19(23)14-8-10-16(11-9-14)22-12-15-6-5-7-18(20)17(15)13-22/h5-11H,3-4,12-13H2,1-2H3. The van der Waals surface area contributed by atoms with E-state index in [1.807, 2.05) is 44.2 Å². The van der Waals surface area contributed by atoms with Gasteiger partial charge in [-0.15, -0.1) is 0 Å². The van der Waals surface area contributed by atoms with E-state index >= 15 is 0 Å². The molecule has 0 bridgehead atoms. The van der Waals surface area contributed by atoms with E-state index in [9.17, 15) is 9.18 Å². The lowest BCUT2D eigenvalue weighted by Gasteiger charge is -2.20. The maximum absolute atomic E-state index is 13.8. The maximum atomic E-state index is 13.8. The lowest BCUT2D eigenvalue weighted by atomic mass is 10.1. The highest BCUT2D eigenvalue weighted by Gasteiger charge is 2.22. The second kappa shape index (κ2) is 6.41. The molecule has 0 spiro atoms. The first kappa shape index (κ1) is 15.5. The number of halogens is 1. The third-order valence-electron chi connectivity index (χ3n) is 4.46. The molecular weight excluding hydrogens is 291 g/mol. The van der Waals surface area contributed by atoms with E-state index in [1.165, 1.54) is 6.07 Å². The lowest BCUT2D eigenvalue weighted by molar-refractivity contribution is 0.0773. The van der Waals surface area contributed by atoms with E-state index < -0.39 is 0 Å². The maximum Gasteiger partial charge on any atom is 0.253 e. The summed E-state index contributed by atoms with van der Waals surface area (Å²) in [5.74, 6) is -0.0874. The number of benzene rings is 2. The van der Waals surface area contributed by atoms with Crippen molar-refractivity contribution < 1.29 is 9.18 Å². The first-order valence-corrected chi connectivity index (χ1v) is 8.04. The molecule has 0 fully saturated rings. The minimum Gasteiger partial charge on any atom is -0.363 e. The van der Waals surface area contributed by atoms with Crippen LogP contribution >= 0.6 is 0 Å². The van der Waals surface area contributed by atoms with Crippen molar-refractivity contribution in [1.82, 2.24) is 4.90 Å². The van der Waals surface area contributed by atoms with E-state index in [0.717, 1.165) is 16.8 Å². The van der Waals surface area contributed by atoms with Crippen molar-refractivity contribution in [3.05, 3.63) is 65.0 Å². The van der Waals surface area contributed by atoms with E-state index in [4.69, 9.17) is 0 Å². The summed E-state index contributed by atoms with van der Waals surface area (Å²) in [6.07, 6.45) is 0. The van der Waals surface area contributed by atoms with Gasteiger partial charge in [-0.1, -0.05) is 12.1 Å². The van der Waals surface area contributed by atoms with Gasteiger partial charge < -0.3 is 9.80 Å². The van der Waals surface area contributed by atoms with Gasteiger partial charge in [-0.05, 0) is 49.7 Å². The Hall–Kier alpha value is -2.36. The number of carbonyl (C=O) groups excluding carboxylic acids is 1. The molecule has 1 aliphatic rings. The van der Waals surface area contributed by atoms with Gasteiger partial charge in [0.2, 0.25) is 0 Å². The Labute approximate surface area is 136 Å². The van der Waals surface area contributed by atoms with Crippen LogP contribution in [0.4, 0.5) is 10.1 Å². The Morgan fingerprint density at radius 1 is 1.09 bits per heavy atom. The van der Waals surface area contributed by atoms with Crippen LogP contribution in [-0.4, -0.2) is 23.9 Å². The first-order valence-electron chi connectivity index (χ1n) is 8.04. The highest BCUT2D eigenvalue weighted by Crippen LogP contribution is 2.29. The molecule has 1 heterocycles. The molecule has 0 saturated heterocycles. The molecule has 2 aromatic carbocycles. The third kappa shape index (κ3) is 2.93. The fraction of sp³-hybridized carbons (Fsp3) is 0.316.